The number of anilines is 1. The van der Waals surface area contributed by atoms with E-state index in [0.29, 0.717) is 5.69 Å². The molecule has 1 aliphatic rings. The van der Waals surface area contributed by atoms with E-state index in [1.165, 1.54) is 37.3 Å². The van der Waals surface area contributed by atoms with Crippen LogP contribution in [0.2, 0.25) is 0 Å². The van der Waals surface area contributed by atoms with Gasteiger partial charge in [-0.1, -0.05) is 5.21 Å². The van der Waals surface area contributed by atoms with Crippen molar-refractivity contribution in [1.82, 2.24) is 20.3 Å². The molecule has 0 aliphatic carbocycles. The van der Waals surface area contributed by atoms with E-state index < -0.39 is 24.0 Å². The second-order valence-corrected chi connectivity index (χ2v) is 5.73. The molecule has 1 fully saturated rings. The molecular weight excluding hydrogens is 361 g/mol. The number of hydrogen-bond donors (Lipinski definition) is 1. The molecular formula is C16H16FN5O5. The minimum atomic E-state index is -0.691. The van der Waals surface area contributed by atoms with E-state index in [4.69, 9.17) is 4.74 Å². The number of rotatable bonds is 5. The van der Waals surface area contributed by atoms with Crippen LogP contribution in [0.3, 0.4) is 0 Å². The average Bonchev–Trinajstić information content (AvgIpc) is 3.26. The van der Waals surface area contributed by atoms with Crippen molar-refractivity contribution >= 4 is 23.7 Å². The fourth-order valence-corrected chi connectivity index (χ4v) is 2.53. The molecule has 0 spiro atoms. The lowest BCUT2D eigenvalue weighted by molar-refractivity contribution is -0.119. The van der Waals surface area contributed by atoms with Crippen molar-refractivity contribution in [3.8, 4) is 5.69 Å². The highest BCUT2D eigenvalue weighted by molar-refractivity contribution is 5.90. The molecule has 11 heteroatoms. The maximum absolute atomic E-state index is 14.5. The van der Waals surface area contributed by atoms with Gasteiger partial charge in [0.05, 0.1) is 32.1 Å². The van der Waals surface area contributed by atoms with Crippen molar-refractivity contribution in [3.05, 3.63) is 35.9 Å². The Hall–Kier alpha value is -3.50. The third-order valence-corrected chi connectivity index (χ3v) is 3.83. The number of ether oxygens (including phenoxy) is 2. The first-order valence-corrected chi connectivity index (χ1v) is 7.92. The van der Waals surface area contributed by atoms with Gasteiger partial charge in [0.15, 0.2) is 11.5 Å². The summed E-state index contributed by atoms with van der Waals surface area (Å²) in [7, 11) is 1.20. The van der Waals surface area contributed by atoms with Gasteiger partial charge < -0.3 is 14.8 Å². The summed E-state index contributed by atoms with van der Waals surface area (Å²) in [5.74, 6) is -1.60. The highest BCUT2D eigenvalue weighted by Gasteiger charge is 2.32. The summed E-state index contributed by atoms with van der Waals surface area (Å²) in [5.41, 5.74) is 0.272. The van der Waals surface area contributed by atoms with Gasteiger partial charge in [0.1, 0.15) is 11.8 Å². The Morgan fingerprint density at radius 2 is 2.22 bits per heavy atom. The zero-order valence-corrected chi connectivity index (χ0v) is 14.5. The van der Waals surface area contributed by atoms with Crippen LogP contribution in [-0.4, -0.2) is 59.3 Å². The first kappa shape index (κ1) is 18.3. The third-order valence-electron chi connectivity index (χ3n) is 3.83. The monoisotopic (exact) mass is 377 g/mol. The fraction of sp³-hybridized carbons (Fsp3) is 0.312. The molecule has 1 saturated heterocycles. The molecule has 2 aromatic rings. The van der Waals surface area contributed by atoms with Crippen LogP contribution in [-0.2, 0) is 14.3 Å². The summed E-state index contributed by atoms with van der Waals surface area (Å²) in [6.45, 7) is 1.71. The van der Waals surface area contributed by atoms with Gasteiger partial charge in [0, 0.05) is 6.92 Å². The van der Waals surface area contributed by atoms with Gasteiger partial charge >= 0.3 is 12.1 Å². The van der Waals surface area contributed by atoms with Gasteiger partial charge in [0.2, 0.25) is 5.91 Å². The SMILES string of the molecule is COC(=O)c1cn(-c2ccc(N3CC(CNC(C)=O)OC3=O)cc2F)nn1. The zero-order chi connectivity index (χ0) is 19.6. The Bertz CT molecular complexity index is 899. The van der Waals surface area contributed by atoms with Gasteiger partial charge in [-0.25, -0.2) is 18.7 Å². The Morgan fingerprint density at radius 3 is 2.89 bits per heavy atom. The molecule has 2 heterocycles. The second kappa shape index (κ2) is 7.40. The lowest BCUT2D eigenvalue weighted by atomic mass is 10.2. The number of nitrogens with zero attached hydrogens (tertiary/aromatic N) is 4. The number of carbonyl (C=O) groups excluding carboxylic acids is 3. The van der Waals surface area contributed by atoms with Gasteiger partial charge in [-0.05, 0) is 18.2 Å². The summed E-state index contributed by atoms with van der Waals surface area (Å²) in [6.07, 6.45) is 0.0747. The number of aromatic nitrogens is 3. The van der Waals surface area contributed by atoms with E-state index in [0.717, 1.165) is 10.7 Å². The Balaban J connectivity index is 1.77. The quantitative estimate of drug-likeness (QED) is 0.761. The van der Waals surface area contributed by atoms with Gasteiger partial charge in [-0.3, -0.25) is 9.69 Å². The highest BCUT2D eigenvalue weighted by Crippen LogP contribution is 2.25. The molecule has 1 atom stereocenters. The average molecular weight is 377 g/mol. The largest absolute Gasteiger partial charge is 0.464 e. The molecule has 3 rings (SSSR count). The van der Waals surface area contributed by atoms with Crippen molar-refractivity contribution < 1.29 is 28.2 Å². The second-order valence-electron chi connectivity index (χ2n) is 5.73. The lowest BCUT2D eigenvalue weighted by Gasteiger charge is -2.14. The Labute approximate surface area is 152 Å². The lowest BCUT2D eigenvalue weighted by Crippen LogP contribution is -2.33. The van der Waals surface area contributed by atoms with E-state index >= 15 is 0 Å². The number of halogens is 1. The van der Waals surface area contributed by atoms with E-state index in [1.54, 1.807) is 0 Å². The number of hydrogen-bond acceptors (Lipinski definition) is 7. The first-order chi connectivity index (χ1) is 12.9. The number of nitrogens with one attached hydrogen (secondary N) is 1. The summed E-state index contributed by atoms with van der Waals surface area (Å²) >= 11 is 0. The van der Waals surface area contributed by atoms with E-state index in [9.17, 15) is 18.8 Å². The molecule has 1 N–H and O–H groups in total. The topological polar surface area (TPSA) is 116 Å². The molecule has 10 nitrogen and oxygen atoms in total. The van der Waals surface area contributed by atoms with Crippen molar-refractivity contribution in [1.29, 1.82) is 0 Å². The minimum Gasteiger partial charge on any atom is -0.464 e. The molecule has 0 radical (unpaired) electrons. The van der Waals surface area contributed by atoms with E-state index in [1.807, 2.05) is 0 Å². The number of esters is 1. The Kier molecular flexibility index (Phi) is 5.01. The molecule has 2 amide bonds. The van der Waals surface area contributed by atoms with Crippen molar-refractivity contribution in [3.63, 3.8) is 0 Å². The van der Waals surface area contributed by atoms with Gasteiger partial charge in [-0.15, -0.1) is 5.10 Å². The number of cyclic esters (lactones) is 1. The van der Waals surface area contributed by atoms with Crippen LogP contribution in [0.15, 0.2) is 24.4 Å². The van der Waals surface area contributed by atoms with Crippen LogP contribution >= 0.6 is 0 Å². The molecule has 142 valence electrons. The maximum Gasteiger partial charge on any atom is 0.414 e. The molecule has 27 heavy (non-hydrogen) atoms. The van der Waals surface area contributed by atoms with Crippen molar-refractivity contribution in [2.24, 2.45) is 0 Å². The van der Waals surface area contributed by atoms with E-state index in [-0.39, 0.29) is 30.4 Å². The molecule has 1 aromatic carbocycles. The normalized spacial score (nSPS) is 16.2. The van der Waals surface area contributed by atoms with Crippen LogP contribution in [0, 0.1) is 5.82 Å². The molecule has 1 aliphatic heterocycles. The summed E-state index contributed by atoms with van der Waals surface area (Å²) in [5, 5.41) is 9.87. The third kappa shape index (κ3) is 3.86. The maximum atomic E-state index is 14.5. The summed E-state index contributed by atoms with van der Waals surface area (Å²) < 4.78 is 25.3. The van der Waals surface area contributed by atoms with Crippen LogP contribution in [0.4, 0.5) is 14.9 Å². The van der Waals surface area contributed by atoms with Crippen LogP contribution in [0.5, 0.6) is 0 Å². The summed E-state index contributed by atoms with van der Waals surface area (Å²) in [6, 6.07) is 4.06. The zero-order valence-electron chi connectivity index (χ0n) is 14.5. The number of carbonyl (C=O) groups is 3. The standard InChI is InChI=1S/C16H16FN5O5/c1-9(23)18-6-11-7-21(16(25)27-11)10-3-4-14(12(17)5-10)22-8-13(19-20-22)15(24)26-2/h3-5,8,11H,6-7H2,1-2H3,(H,18,23). The number of amides is 2. The Morgan fingerprint density at radius 1 is 1.44 bits per heavy atom. The smallest absolute Gasteiger partial charge is 0.414 e. The van der Waals surface area contributed by atoms with Crippen molar-refractivity contribution in [2.75, 3.05) is 25.1 Å². The molecule has 1 aromatic heterocycles. The molecule has 1 unspecified atom stereocenters. The fourth-order valence-electron chi connectivity index (χ4n) is 2.53. The van der Waals surface area contributed by atoms with Crippen LogP contribution in [0.1, 0.15) is 17.4 Å². The first-order valence-electron chi connectivity index (χ1n) is 7.92. The number of methoxy groups -OCH3 is 1. The highest BCUT2D eigenvalue weighted by atomic mass is 19.1. The van der Waals surface area contributed by atoms with E-state index in [2.05, 4.69) is 20.4 Å². The van der Waals surface area contributed by atoms with Gasteiger partial charge in [0.25, 0.3) is 0 Å². The van der Waals surface area contributed by atoms with Crippen LogP contribution < -0.4 is 10.2 Å². The summed E-state index contributed by atoms with van der Waals surface area (Å²) in [4.78, 5) is 35.6. The predicted molar refractivity (Wildman–Crippen MR) is 89.0 cm³/mol. The molecule has 0 saturated carbocycles. The molecule has 0 bridgehead atoms. The minimum absolute atomic E-state index is 0.0452. The van der Waals surface area contributed by atoms with Crippen molar-refractivity contribution in [2.45, 2.75) is 13.0 Å². The number of benzene rings is 1. The predicted octanol–water partition coefficient (Wildman–Crippen LogP) is 0.654. The van der Waals surface area contributed by atoms with Crippen LogP contribution in [0.25, 0.3) is 5.69 Å². The van der Waals surface area contributed by atoms with Gasteiger partial charge in [-0.2, -0.15) is 0 Å².